The SMILES string of the molecule is CCN1CCN(C(=O)c2ccc(NC(=O)[C@@H]3C[C@@H]3C(=O)[O-])cc2)CC1.[Na+]. The summed E-state index contributed by atoms with van der Waals surface area (Å²) in [5.41, 5.74) is 1.14. The van der Waals surface area contributed by atoms with Gasteiger partial charge in [0.05, 0.1) is 0 Å². The molecule has 1 saturated carbocycles. The van der Waals surface area contributed by atoms with E-state index in [1.165, 1.54) is 0 Å². The summed E-state index contributed by atoms with van der Waals surface area (Å²) >= 11 is 0. The number of hydrogen-bond donors (Lipinski definition) is 1. The number of hydrogen-bond acceptors (Lipinski definition) is 5. The maximum absolute atomic E-state index is 12.5. The summed E-state index contributed by atoms with van der Waals surface area (Å²) in [5.74, 6) is -2.69. The minimum Gasteiger partial charge on any atom is -0.550 e. The van der Waals surface area contributed by atoms with Gasteiger partial charge in [-0.05, 0) is 37.2 Å². The van der Waals surface area contributed by atoms with E-state index >= 15 is 0 Å². The smallest absolute Gasteiger partial charge is 0.550 e. The first-order chi connectivity index (χ1) is 12.0. The molecule has 1 heterocycles. The van der Waals surface area contributed by atoms with E-state index < -0.39 is 17.8 Å². The Bertz CT molecular complexity index is 672. The van der Waals surface area contributed by atoms with Gasteiger partial charge in [-0.15, -0.1) is 0 Å². The zero-order valence-corrected chi connectivity index (χ0v) is 17.2. The van der Waals surface area contributed by atoms with Crippen LogP contribution in [0.25, 0.3) is 0 Å². The summed E-state index contributed by atoms with van der Waals surface area (Å²) in [5, 5.41) is 13.4. The molecular formula is C18H22N3NaO4. The van der Waals surface area contributed by atoms with Crippen LogP contribution in [0.4, 0.5) is 5.69 Å². The fraction of sp³-hybridized carbons (Fsp3) is 0.500. The van der Waals surface area contributed by atoms with Crippen LogP contribution in [0.15, 0.2) is 24.3 Å². The van der Waals surface area contributed by atoms with Gasteiger partial charge in [-0.1, -0.05) is 6.92 Å². The molecule has 2 aliphatic rings. The predicted molar refractivity (Wildman–Crippen MR) is 89.7 cm³/mol. The number of anilines is 1. The number of nitrogens with zero attached hydrogens (tertiary/aromatic N) is 2. The second kappa shape index (κ2) is 8.99. The van der Waals surface area contributed by atoms with Gasteiger partial charge >= 0.3 is 29.6 Å². The third-order valence-electron chi connectivity index (χ3n) is 4.94. The van der Waals surface area contributed by atoms with Crippen LogP contribution >= 0.6 is 0 Å². The molecule has 2 amide bonds. The maximum atomic E-state index is 12.5. The fourth-order valence-electron chi connectivity index (χ4n) is 3.13. The van der Waals surface area contributed by atoms with Crippen LogP contribution in [0.3, 0.4) is 0 Å². The number of benzene rings is 1. The summed E-state index contributed by atoms with van der Waals surface area (Å²) in [6, 6.07) is 6.72. The largest absolute Gasteiger partial charge is 1.00 e. The zero-order valence-electron chi connectivity index (χ0n) is 15.2. The molecule has 1 aliphatic carbocycles. The topological polar surface area (TPSA) is 92.8 Å². The van der Waals surface area contributed by atoms with Crippen molar-refractivity contribution in [3.63, 3.8) is 0 Å². The summed E-state index contributed by atoms with van der Waals surface area (Å²) in [6.07, 6.45) is 0.328. The number of amides is 2. The third kappa shape index (κ3) is 4.85. The first kappa shape index (κ1) is 20.9. The molecule has 2 atom stereocenters. The molecule has 1 aromatic carbocycles. The van der Waals surface area contributed by atoms with E-state index in [4.69, 9.17) is 0 Å². The summed E-state index contributed by atoms with van der Waals surface area (Å²) in [4.78, 5) is 39.3. The number of likely N-dealkylation sites (N-methyl/N-ethyl adjacent to an activating group) is 1. The third-order valence-corrected chi connectivity index (χ3v) is 4.94. The van der Waals surface area contributed by atoms with E-state index in [-0.39, 0.29) is 41.4 Å². The number of piperazine rings is 1. The van der Waals surface area contributed by atoms with E-state index in [1.54, 1.807) is 24.3 Å². The number of rotatable bonds is 5. The van der Waals surface area contributed by atoms with Crippen molar-refractivity contribution in [3.8, 4) is 0 Å². The summed E-state index contributed by atoms with van der Waals surface area (Å²) in [7, 11) is 0. The number of carbonyl (C=O) groups excluding carboxylic acids is 3. The minimum absolute atomic E-state index is 0. The van der Waals surface area contributed by atoms with Gasteiger partial charge in [-0.25, -0.2) is 0 Å². The Labute approximate surface area is 175 Å². The van der Waals surface area contributed by atoms with E-state index in [1.807, 2.05) is 4.90 Å². The van der Waals surface area contributed by atoms with Crippen molar-refractivity contribution in [1.29, 1.82) is 0 Å². The Morgan fingerprint density at radius 1 is 1.08 bits per heavy atom. The molecule has 2 fully saturated rings. The van der Waals surface area contributed by atoms with Crippen molar-refractivity contribution in [1.82, 2.24) is 9.80 Å². The minimum atomic E-state index is -1.18. The molecule has 7 nitrogen and oxygen atoms in total. The second-order valence-corrected chi connectivity index (χ2v) is 6.56. The van der Waals surface area contributed by atoms with E-state index in [0.29, 0.717) is 17.7 Å². The van der Waals surface area contributed by atoms with E-state index in [2.05, 4.69) is 17.1 Å². The summed E-state index contributed by atoms with van der Waals surface area (Å²) in [6.45, 7) is 6.32. The number of carbonyl (C=O) groups is 3. The van der Waals surface area contributed by atoms with Crippen LogP contribution in [-0.4, -0.2) is 60.3 Å². The van der Waals surface area contributed by atoms with Crippen molar-refractivity contribution >= 4 is 23.5 Å². The van der Waals surface area contributed by atoms with Crippen molar-refractivity contribution < 1.29 is 49.0 Å². The molecule has 3 rings (SSSR count). The molecule has 0 radical (unpaired) electrons. The van der Waals surface area contributed by atoms with Gasteiger partial charge < -0.3 is 25.0 Å². The quantitative estimate of drug-likeness (QED) is 0.553. The Balaban J connectivity index is 0.00000243. The maximum Gasteiger partial charge on any atom is 1.00 e. The van der Waals surface area contributed by atoms with Gasteiger partial charge in [0, 0.05) is 55.2 Å². The monoisotopic (exact) mass is 367 g/mol. The zero-order chi connectivity index (χ0) is 18.0. The Morgan fingerprint density at radius 2 is 1.69 bits per heavy atom. The molecule has 1 N–H and O–H groups in total. The van der Waals surface area contributed by atoms with Crippen molar-refractivity contribution in [2.75, 3.05) is 38.0 Å². The Kier molecular flexibility index (Phi) is 7.23. The predicted octanol–water partition coefficient (Wildman–Crippen LogP) is -3.21. The molecule has 0 bridgehead atoms. The van der Waals surface area contributed by atoms with Crippen LogP contribution < -0.4 is 40.0 Å². The average molecular weight is 367 g/mol. The van der Waals surface area contributed by atoms with Crippen molar-refractivity contribution in [2.45, 2.75) is 13.3 Å². The molecule has 8 heteroatoms. The Hall–Kier alpha value is -1.41. The Morgan fingerprint density at radius 3 is 2.19 bits per heavy atom. The number of nitrogens with one attached hydrogen (secondary N) is 1. The van der Waals surface area contributed by atoms with E-state index in [9.17, 15) is 19.5 Å². The van der Waals surface area contributed by atoms with Crippen LogP contribution in [0.1, 0.15) is 23.7 Å². The normalized spacial score (nSPS) is 22.3. The van der Waals surface area contributed by atoms with Gasteiger partial charge in [0.25, 0.3) is 5.91 Å². The van der Waals surface area contributed by atoms with Gasteiger partial charge in [0.2, 0.25) is 5.91 Å². The molecule has 1 aromatic rings. The molecule has 26 heavy (non-hydrogen) atoms. The second-order valence-electron chi connectivity index (χ2n) is 6.56. The number of aliphatic carboxylic acids is 1. The molecule has 1 aliphatic heterocycles. The standard InChI is InChI=1S/C18H23N3O4.Na/c1-2-20-7-9-21(10-8-20)17(23)12-3-5-13(6-4-12)19-16(22)14-11-15(14)18(24)25;/h3-6,14-15H,2,7-11H2,1H3,(H,19,22)(H,24,25);/q;+1/p-1/t14-,15+;/m1./s1. The first-order valence-corrected chi connectivity index (χ1v) is 8.63. The molecule has 134 valence electrons. The van der Waals surface area contributed by atoms with Crippen molar-refractivity contribution in [3.05, 3.63) is 29.8 Å². The van der Waals surface area contributed by atoms with Crippen LogP contribution in [0.2, 0.25) is 0 Å². The molecule has 0 unspecified atom stereocenters. The average Bonchev–Trinajstić information content (AvgIpc) is 3.43. The van der Waals surface area contributed by atoms with Gasteiger partial charge in [-0.3, -0.25) is 9.59 Å². The summed E-state index contributed by atoms with van der Waals surface area (Å²) < 4.78 is 0. The number of carboxylic acids is 1. The molecule has 0 aromatic heterocycles. The van der Waals surface area contributed by atoms with Gasteiger partial charge in [-0.2, -0.15) is 0 Å². The molecular weight excluding hydrogens is 345 g/mol. The molecule has 0 spiro atoms. The van der Waals surface area contributed by atoms with Crippen LogP contribution in [0.5, 0.6) is 0 Å². The van der Waals surface area contributed by atoms with E-state index in [0.717, 1.165) is 32.7 Å². The van der Waals surface area contributed by atoms with Gasteiger partial charge in [0.15, 0.2) is 0 Å². The number of carboxylic acid groups (broad SMARTS) is 1. The first-order valence-electron chi connectivity index (χ1n) is 8.63. The van der Waals surface area contributed by atoms with Crippen molar-refractivity contribution in [2.24, 2.45) is 11.8 Å². The van der Waals surface area contributed by atoms with Crippen LogP contribution in [0, 0.1) is 11.8 Å². The van der Waals surface area contributed by atoms with Crippen LogP contribution in [-0.2, 0) is 9.59 Å². The molecule has 1 saturated heterocycles. The fourth-order valence-corrected chi connectivity index (χ4v) is 3.13. The van der Waals surface area contributed by atoms with Gasteiger partial charge in [0.1, 0.15) is 0 Å².